The smallest absolute Gasteiger partial charge is 0.122 e. The van der Waals surface area contributed by atoms with Gasteiger partial charge in [-0.25, -0.2) is 0 Å². The van der Waals surface area contributed by atoms with Gasteiger partial charge in [0.05, 0.1) is 7.11 Å². The lowest BCUT2D eigenvalue weighted by Gasteiger charge is -2.28. The summed E-state index contributed by atoms with van der Waals surface area (Å²) in [7, 11) is 1.78. The van der Waals surface area contributed by atoms with E-state index in [-0.39, 0.29) is 0 Å². The Balaban J connectivity index is 1.82. The number of nitrogens with zero attached hydrogens (tertiary/aromatic N) is 1. The predicted octanol–water partition coefficient (Wildman–Crippen LogP) is 1.59. The molecule has 0 bridgehead atoms. The summed E-state index contributed by atoms with van der Waals surface area (Å²) in [6.45, 7) is 5.69. The lowest BCUT2D eigenvalue weighted by molar-refractivity contribution is 0.232. The fourth-order valence-electron chi connectivity index (χ4n) is 3.20. The molecule has 0 unspecified atom stereocenters. The van der Waals surface area contributed by atoms with E-state index in [9.17, 15) is 0 Å². The number of nitrogens with one attached hydrogen (secondary N) is 1. The first kappa shape index (κ1) is 12.0. The monoisotopic (exact) mass is 246 g/mol. The molecule has 98 valence electrons. The second kappa shape index (κ2) is 5.29. The van der Waals surface area contributed by atoms with Crippen molar-refractivity contribution in [3.05, 3.63) is 28.8 Å². The summed E-state index contributed by atoms with van der Waals surface area (Å²) in [6, 6.07) is 4.42. The molecule has 18 heavy (non-hydrogen) atoms. The Kier molecular flexibility index (Phi) is 3.52. The molecule has 0 atom stereocenters. The molecule has 1 saturated heterocycles. The Morgan fingerprint density at radius 3 is 2.72 bits per heavy atom. The zero-order chi connectivity index (χ0) is 12.4. The maximum Gasteiger partial charge on any atom is 0.122 e. The van der Waals surface area contributed by atoms with E-state index in [1.54, 1.807) is 12.7 Å². The molecular weight excluding hydrogens is 224 g/mol. The van der Waals surface area contributed by atoms with Crippen molar-refractivity contribution in [2.45, 2.75) is 25.8 Å². The van der Waals surface area contributed by atoms with E-state index >= 15 is 0 Å². The molecule has 2 aliphatic rings. The summed E-state index contributed by atoms with van der Waals surface area (Å²) >= 11 is 0. The van der Waals surface area contributed by atoms with Gasteiger partial charge in [0, 0.05) is 32.7 Å². The van der Waals surface area contributed by atoms with Crippen molar-refractivity contribution < 1.29 is 4.74 Å². The molecule has 1 aromatic rings. The van der Waals surface area contributed by atoms with Crippen LogP contribution in [0.1, 0.15) is 23.1 Å². The van der Waals surface area contributed by atoms with Crippen molar-refractivity contribution in [2.24, 2.45) is 0 Å². The summed E-state index contributed by atoms with van der Waals surface area (Å²) < 4.78 is 5.48. The first-order valence-corrected chi connectivity index (χ1v) is 6.99. The van der Waals surface area contributed by atoms with Crippen LogP contribution in [0, 0.1) is 0 Å². The van der Waals surface area contributed by atoms with Gasteiger partial charge >= 0.3 is 0 Å². The number of benzene rings is 1. The number of fused-ring (bicyclic) bond motifs is 1. The van der Waals surface area contributed by atoms with Gasteiger partial charge in [-0.3, -0.25) is 4.90 Å². The topological polar surface area (TPSA) is 24.5 Å². The highest BCUT2D eigenvalue weighted by Gasteiger charge is 2.20. The third-order valence-corrected chi connectivity index (χ3v) is 4.16. The highest BCUT2D eigenvalue weighted by molar-refractivity contribution is 5.47. The van der Waals surface area contributed by atoms with Gasteiger partial charge in [-0.15, -0.1) is 0 Å². The van der Waals surface area contributed by atoms with Crippen molar-refractivity contribution in [2.75, 3.05) is 33.3 Å². The van der Waals surface area contributed by atoms with Crippen molar-refractivity contribution in [3.8, 4) is 5.75 Å². The van der Waals surface area contributed by atoms with Crippen LogP contribution < -0.4 is 10.1 Å². The zero-order valence-corrected chi connectivity index (χ0v) is 11.2. The number of methoxy groups -OCH3 is 1. The average Bonchev–Trinajstić information content (AvgIpc) is 2.90. The lowest BCUT2D eigenvalue weighted by atomic mass is 10.0. The van der Waals surface area contributed by atoms with Crippen molar-refractivity contribution in [1.82, 2.24) is 10.2 Å². The summed E-state index contributed by atoms with van der Waals surface area (Å²) in [5.74, 6) is 1.09. The van der Waals surface area contributed by atoms with Gasteiger partial charge in [0.15, 0.2) is 0 Å². The van der Waals surface area contributed by atoms with E-state index in [4.69, 9.17) is 4.74 Å². The predicted molar refractivity (Wildman–Crippen MR) is 73.2 cm³/mol. The fraction of sp³-hybridized carbons (Fsp3) is 0.600. The van der Waals surface area contributed by atoms with Gasteiger partial charge < -0.3 is 10.1 Å². The maximum absolute atomic E-state index is 5.48. The Morgan fingerprint density at radius 2 is 1.94 bits per heavy atom. The third kappa shape index (κ3) is 2.25. The summed E-state index contributed by atoms with van der Waals surface area (Å²) in [5.41, 5.74) is 4.54. The number of hydrogen-bond acceptors (Lipinski definition) is 3. The standard InChI is InChI=1S/C15H22N2O/c1-18-15-6-5-12(13-3-2-4-14(13)15)11-17-9-7-16-8-10-17/h5-6,16H,2-4,7-11H2,1H3. The van der Waals surface area contributed by atoms with Crippen LogP contribution in [0.2, 0.25) is 0 Å². The van der Waals surface area contributed by atoms with E-state index in [0.717, 1.165) is 25.4 Å². The SMILES string of the molecule is COc1ccc(CN2CCNCC2)c2c1CCC2. The minimum absolute atomic E-state index is 1.09. The molecule has 0 amide bonds. The van der Waals surface area contributed by atoms with E-state index < -0.39 is 0 Å². The molecule has 1 heterocycles. The van der Waals surface area contributed by atoms with Gasteiger partial charge in [-0.05, 0) is 42.0 Å². The first-order chi connectivity index (χ1) is 8.88. The van der Waals surface area contributed by atoms with E-state index in [1.807, 2.05) is 0 Å². The average molecular weight is 246 g/mol. The number of ether oxygens (including phenoxy) is 1. The molecule has 1 N–H and O–H groups in total. The highest BCUT2D eigenvalue weighted by atomic mass is 16.5. The Bertz CT molecular complexity index is 425. The fourth-order valence-corrected chi connectivity index (χ4v) is 3.20. The third-order valence-electron chi connectivity index (χ3n) is 4.16. The second-order valence-electron chi connectivity index (χ2n) is 5.26. The lowest BCUT2D eigenvalue weighted by Crippen LogP contribution is -2.43. The molecule has 0 saturated carbocycles. The van der Waals surface area contributed by atoms with Gasteiger partial charge in [-0.1, -0.05) is 6.07 Å². The molecular formula is C15H22N2O. The minimum Gasteiger partial charge on any atom is -0.496 e. The molecule has 1 fully saturated rings. The van der Waals surface area contributed by atoms with Crippen LogP contribution in [0.3, 0.4) is 0 Å². The van der Waals surface area contributed by atoms with Crippen LogP contribution in [0.15, 0.2) is 12.1 Å². The van der Waals surface area contributed by atoms with Gasteiger partial charge in [-0.2, -0.15) is 0 Å². The zero-order valence-electron chi connectivity index (χ0n) is 11.2. The van der Waals surface area contributed by atoms with Crippen molar-refractivity contribution in [1.29, 1.82) is 0 Å². The molecule has 1 aliphatic heterocycles. The molecule has 0 radical (unpaired) electrons. The summed E-state index contributed by atoms with van der Waals surface area (Å²) in [6.07, 6.45) is 3.70. The number of rotatable bonds is 3. The molecule has 3 heteroatoms. The van der Waals surface area contributed by atoms with Crippen LogP contribution >= 0.6 is 0 Å². The summed E-state index contributed by atoms with van der Waals surface area (Å²) in [4.78, 5) is 2.55. The maximum atomic E-state index is 5.48. The van der Waals surface area contributed by atoms with Crippen LogP contribution in [0.25, 0.3) is 0 Å². The molecule has 1 aliphatic carbocycles. The van der Waals surface area contributed by atoms with Crippen molar-refractivity contribution >= 4 is 0 Å². The first-order valence-electron chi connectivity index (χ1n) is 6.99. The normalized spacial score (nSPS) is 19.8. The van der Waals surface area contributed by atoms with E-state index in [0.29, 0.717) is 0 Å². The van der Waals surface area contributed by atoms with Crippen LogP contribution in [-0.2, 0) is 19.4 Å². The largest absolute Gasteiger partial charge is 0.496 e. The van der Waals surface area contributed by atoms with Gasteiger partial charge in [0.1, 0.15) is 5.75 Å². The van der Waals surface area contributed by atoms with Gasteiger partial charge in [0.2, 0.25) is 0 Å². The molecule has 1 aromatic carbocycles. The number of hydrogen-bond donors (Lipinski definition) is 1. The molecule has 0 spiro atoms. The van der Waals surface area contributed by atoms with E-state index in [1.165, 1.54) is 43.5 Å². The quantitative estimate of drug-likeness (QED) is 0.876. The van der Waals surface area contributed by atoms with Crippen LogP contribution in [0.5, 0.6) is 5.75 Å². The molecule has 0 aromatic heterocycles. The molecule has 3 nitrogen and oxygen atoms in total. The molecule has 3 rings (SSSR count). The van der Waals surface area contributed by atoms with Crippen LogP contribution in [-0.4, -0.2) is 38.2 Å². The van der Waals surface area contributed by atoms with Crippen LogP contribution in [0.4, 0.5) is 0 Å². The Labute approximate surface area is 109 Å². The Morgan fingerprint density at radius 1 is 1.17 bits per heavy atom. The van der Waals surface area contributed by atoms with E-state index in [2.05, 4.69) is 22.3 Å². The van der Waals surface area contributed by atoms with Gasteiger partial charge in [0.25, 0.3) is 0 Å². The Hall–Kier alpha value is -1.06. The highest BCUT2D eigenvalue weighted by Crippen LogP contribution is 2.33. The number of piperazine rings is 1. The van der Waals surface area contributed by atoms with Crippen molar-refractivity contribution in [3.63, 3.8) is 0 Å². The second-order valence-corrected chi connectivity index (χ2v) is 5.26. The summed E-state index contributed by atoms with van der Waals surface area (Å²) in [5, 5.41) is 3.41. The minimum atomic E-state index is 1.09.